The molecule has 0 aliphatic carbocycles. The summed E-state index contributed by atoms with van der Waals surface area (Å²) >= 11 is 0. The van der Waals surface area contributed by atoms with E-state index in [9.17, 15) is 9.59 Å². The van der Waals surface area contributed by atoms with Gasteiger partial charge in [0.2, 0.25) is 0 Å². The van der Waals surface area contributed by atoms with E-state index in [0.717, 1.165) is 35.2 Å². The summed E-state index contributed by atoms with van der Waals surface area (Å²) in [6.45, 7) is 7.29. The van der Waals surface area contributed by atoms with Crippen LogP contribution in [0.2, 0.25) is 6.04 Å². The molecule has 170 valence electrons. The molecule has 0 saturated carbocycles. The van der Waals surface area contributed by atoms with Gasteiger partial charge in [-0.25, -0.2) is 9.59 Å². The first-order valence-corrected chi connectivity index (χ1v) is 12.0. The average molecular weight is 453 g/mol. The summed E-state index contributed by atoms with van der Waals surface area (Å²) in [4.78, 5) is 21.4. The zero-order chi connectivity index (χ0) is 22.8. The van der Waals surface area contributed by atoms with Gasteiger partial charge in [0.15, 0.2) is 0 Å². The third-order valence-electron chi connectivity index (χ3n) is 4.02. The normalized spacial score (nSPS) is 11.2. The van der Waals surface area contributed by atoms with Crippen molar-refractivity contribution in [3.05, 3.63) is 25.3 Å². The summed E-state index contributed by atoms with van der Waals surface area (Å²) in [6.07, 6.45) is 4.39. The molecule has 0 aliphatic rings. The fourth-order valence-electron chi connectivity index (χ4n) is 1.99. The monoisotopic (exact) mass is 452 g/mol. The Bertz CT molecular complexity index is 470. The molecule has 29 heavy (non-hydrogen) atoms. The largest absolute Gasteiger partial charge is 0.500 e. The molecule has 0 aliphatic heterocycles. The molecule has 0 aromatic carbocycles. The predicted octanol–water partition coefficient (Wildman–Crippen LogP) is 0.792. The van der Waals surface area contributed by atoms with Crippen molar-refractivity contribution in [2.24, 2.45) is 0 Å². The molecule has 0 fully saturated rings. The number of rotatable bonds is 15. The van der Waals surface area contributed by atoms with Gasteiger partial charge in [-0.2, -0.15) is 0 Å². The first-order chi connectivity index (χ1) is 13.7. The molecule has 9 nitrogen and oxygen atoms in total. The Kier molecular flexibility index (Phi) is 18.0. The topological polar surface area (TPSA) is 98.8 Å². The lowest BCUT2D eigenvalue weighted by molar-refractivity contribution is -0.151. The number of ether oxygens (including phenoxy) is 4. The summed E-state index contributed by atoms with van der Waals surface area (Å²) in [5, 5.41) is 0. The number of hydrogen-bond donors (Lipinski definition) is 0. The quantitative estimate of drug-likeness (QED) is 0.117. The second-order valence-electron chi connectivity index (χ2n) is 5.79. The van der Waals surface area contributed by atoms with Crippen molar-refractivity contribution in [2.45, 2.75) is 30.7 Å². The van der Waals surface area contributed by atoms with Gasteiger partial charge in [0.1, 0.15) is 5.41 Å². The van der Waals surface area contributed by atoms with Crippen LogP contribution in [0.4, 0.5) is 0 Å². The van der Waals surface area contributed by atoms with Gasteiger partial charge < -0.3 is 32.2 Å². The van der Waals surface area contributed by atoms with Gasteiger partial charge in [0, 0.05) is 53.7 Å². The van der Waals surface area contributed by atoms with Gasteiger partial charge in [0.05, 0.1) is 23.5 Å². The lowest BCUT2D eigenvalue weighted by Gasteiger charge is -2.26. The van der Waals surface area contributed by atoms with E-state index in [2.05, 4.69) is 13.2 Å². The van der Waals surface area contributed by atoms with Crippen LogP contribution in [0.5, 0.6) is 0 Å². The summed E-state index contributed by atoms with van der Waals surface area (Å²) in [7, 11) is 6.15. The number of esters is 2. The van der Waals surface area contributed by atoms with E-state index in [4.69, 9.17) is 32.2 Å². The molecule has 0 saturated heterocycles. The lowest BCUT2D eigenvalue weighted by Crippen LogP contribution is -2.42. The Morgan fingerprint density at radius 2 is 1.28 bits per heavy atom. The minimum absolute atomic E-state index is 0.315. The van der Waals surface area contributed by atoms with E-state index in [-0.39, 0.29) is 0 Å². The molecule has 0 unspecified atom stereocenters. The van der Waals surface area contributed by atoms with Crippen LogP contribution in [-0.2, 0) is 41.8 Å². The van der Waals surface area contributed by atoms with Crippen molar-refractivity contribution < 1.29 is 41.8 Å². The molecule has 0 amide bonds. The van der Waals surface area contributed by atoms with Crippen molar-refractivity contribution in [2.75, 3.05) is 48.8 Å². The number of hydrogen-bond acceptors (Lipinski definition) is 9. The predicted molar refractivity (Wildman–Crippen MR) is 114 cm³/mol. The smallest absolute Gasteiger partial charge is 0.463 e. The van der Waals surface area contributed by atoms with Crippen molar-refractivity contribution >= 4 is 31.0 Å². The van der Waals surface area contributed by atoms with Crippen molar-refractivity contribution in [1.82, 2.24) is 0 Å². The molecule has 0 aromatic heterocycles. The van der Waals surface area contributed by atoms with Crippen LogP contribution in [0.1, 0.15) is 19.3 Å². The van der Waals surface area contributed by atoms with Crippen LogP contribution in [0, 0.1) is 0 Å². The third-order valence-corrected chi connectivity index (χ3v) is 8.17. The molecule has 0 heterocycles. The maximum absolute atomic E-state index is 10.7. The van der Waals surface area contributed by atoms with Gasteiger partial charge in [0.25, 0.3) is 0 Å². The third kappa shape index (κ3) is 14.3. The minimum Gasteiger partial charge on any atom is -0.463 e. The molecule has 0 atom stereocenters. The van der Waals surface area contributed by atoms with E-state index in [1.54, 1.807) is 35.5 Å². The maximum Gasteiger partial charge on any atom is 0.500 e. The van der Waals surface area contributed by atoms with Gasteiger partial charge in [-0.05, 0) is 19.3 Å². The number of methoxy groups -OCH3 is 2. The van der Waals surface area contributed by atoms with Crippen LogP contribution in [0.3, 0.4) is 0 Å². The van der Waals surface area contributed by atoms with E-state index in [1.165, 1.54) is 0 Å². The van der Waals surface area contributed by atoms with Gasteiger partial charge in [-0.1, -0.05) is 13.2 Å². The molecule has 0 N–H and O–H groups in total. The van der Waals surface area contributed by atoms with Crippen LogP contribution >= 0.6 is 0 Å². The average Bonchev–Trinajstić information content (AvgIpc) is 2.77. The Labute approximate surface area is 178 Å². The van der Waals surface area contributed by atoms with Crippen molar-refractivity contribution in [1.29, 1.82) is 0 Å². The molecule has 11 heteroatoms. The highest BCUT2D eigenvalue weighted by Crippen LogP contribution is 2.15. The molecule has 0 spiro atoms. The summed E-state index contributed by atoms with van der Waals surface area (Å²) in [5.41, 5.74) is -0.458. The summed E-state index contributed by atoms with van der Waals surface area (Å²) in [6, 6.07) is 0.612. The fourth-order valence-corrected chi connectivity index (χ4v) is 4.03. The Hall–Kier alpha value is -1.35. The zero-order valence-electron chi connectivity index (χ0n) is 18.5. The Morgan fingerprint density at radius 3 is 1.62 bits per heavy atom. The zero-order valence-corrected chi connectivity index (χ0v) is 21.5. The molecule has 0 rings (SSSR count). The highest BCUT2D eigenvalue weighted by Gasteiger charge is 2.36. The summed E-state index contributed by atoms with van der Waals surface area (Å²) < 4.78 is 35.7. The lowest BCUT2D eigenvalue weighted by atomic mass is 10.3. The van der Waals surface area contributed by atoms with Gasteiger partial charge in [-0.15, -0.1) is 0 Å². The Balaban J connectivity index is 0. The standard InChI is InChI=1S/C9H18O5Si.C9H18O4Si/c1-5-9(10)14-7-6-8-15(11-2,12-3)13-4;1-4-8(10)13-7-5-6-9(14,11-2)12-3/h5H,1,6-8H2,2-4H3;4H,1,5-7H2,2-3,14H3. The van der Waals surface area contributed by atoms with E-state index < -0.39 is 26.2 Å². The van der Waals surface area contributed by atoms with Crippen LogP contribution in [0.25, 0.3) is 0 Å². The molecule has 0 bridgehead atoms. The second kappa shape index (κ2) is 17.5. The molecular formula is C18H36O9Si2. The van der Waals surface area contributed by atoms with E-state index >= 15 is 0 Å². The van der Waals surface area contributed by atoms with Gasteiger partial charge >= 0.3 is 20.7 Å². The van der Waals surface area contributed by atoms with Gasteiger partial charge in [-0.3, -0.25) is 0 Å². The molecule has 0 aromatic rings. The minimum atomic E-state index is -2.52. The first-order valence-electron chi connectivity index (χ1n) is 9.06. The van der Waals surface area contributed by atoms with E-state index in [0.29, 0.717) is 25.7 Å². The molecular weight excluding hydrogens is 416 g/mol. The molecule has 0 radical (unpaired) electrons. The van der Waals surface area contributed by atoms with Crippen molar-refractivity contribution in [3.63, 3.8) is 0 Å². The highest BCUT2D eigenvalue weighted by atomic mass is 28.4. The summed E-state index contributed by atoms with van der Waals surface area (Å²) in [5.74, 6) is -0.812. The Morgan fingerprint density at radius 1 is 0.862 bits per heavy atom. The number of carbonyl (C=O) groups excluding carboxylic acids is 2. The maximum atomic E-state index is 10.7. The van der Waals surface area contributed by atoms with Crippen LogP contribution < -0.4 is 0 Å². The SMILES string of the molecule is C=CC(=O)OCCCC([SiH3])(OC)OC.C=CC(=O)OCCC[Si](OC)(OC)OC. The second-order valence-corrected chi connectivity index (χ2v) is 10.4. The fraction of sp³-hybridized carbons (Fsp3) is 0.667. The van der Waals surface area contributed by atoms with E-state index in [1.807, 2.05) is 0 Å². The highest BCUT2D eigenvalue weighted by molar-refractivity contribution is 6.60. The van der Waals surface area contributed by atoms with Crippen molar-refractivity contribution in [3.8, 4) is 0 Å². The van der Waals surface area contributed by atoms with Crippen LogP contribution in [0.15, 0.2) is 25.3 Å². The number of carbonyl (C=O) groups is 2. The van der Waals surface area contributed by atoms with Crippen LogP contribution in [-0.4, -0.2) is 85.2 Å². The first kappa shape index (κ1) is 29.9.